The molecule has 0 aromatic carbocycles. The minimum atomic E-state index is 1.12. The first-order chi connectivity index (χ1) is 8.61. The Kier molecular flexibility index (Phi) is 8.46. The predicted molar refractivity (Wildman–Crippen MR) is 78.8 cm³/mol. The topological polar surface area (TPSA) is 25.8 Å². The molecule has 0 radical (unpaired) electrons. The summed E-state index contributed by atoms with van der Waals surface area (Å²) < 4.78 is 0. The van der Waals surface area contributed by atoms with Crippen molar-refractivity contribution in [2.24, 2.45) is 0 Å². The van der Waals surface area contributed by atoms with Gasteiger partial charge in [0.15, 0.2) is 0 Å². The second-order valence-corrected chi connectivity index (χ2v) is 3.87. The minimum absolute atomic E-state index is 1.12. The standard InChI is InChI=1S/2C7H9N.C2H6/c1-6-3-4-8-5-7(6)2;1-6-4-3-5-8-7(6)2;1-2/h2*3-5H,1-2H3;1-2H3. The van der Waals surface area contributed by atoms with E-state index in [4.69, 9.17) is 0 Å². The van der Waals surface area contributed by atoms with Crippen LogP contribution in [-0.2, 0) is 0 Å². The SMILES string of the molecule is CC.Cc1cccnc1C.Cc1ccncc1C. The normalized spacial score (nSPS) is 8.56. The molecular formula is C16H24N2. The van der Waals surface area contributed by atoms with Crippen LogP contribution in [0.5, 0.6) is 0 Å². The monoisotopic (exact) mass is 244 g/mol. The predicted octanol–water partition coefficient (Wildman–Crippen LogP) is 4.42. The molecule has 2 rings (SSSR count). The number of rotatable bonds is 0. The average Bonchev–Trinajstić information content (AvgIpc) is 2.40. The van der Waals surface area contributed by atoms with E-state index in [2.05, 4.69) is 36.8 Å². The number of nitrogens with zero attached hydrogens (tertiary/aromatic N) is 2. The molecule has 0 unspecified atom stereocenters. The van der Waals surface area contributed by atoms with Crippen LogP contribution in [0.3, 0.4) is 0 Å². The molecule has 0 saturated carbocycles. The van der Waals surface area contributed by atoms with Crippen molar-refractivity contribution in [2.45, 2.75) is 41.5 Å². The number of pyridine rings is 2. The van der Waals surface area contributed by atoms with E-state index in [-0.39, 0.29) is 0 Å². The van der Waals surface area contributed by atoms with Gasteiger partial charge in [-0.3, -0.25) is 9.97 Å². The molecule has 98 valence electrons. The Morgan fingerprint density at radius 2 is 1.44 bits per heavy atom. The van der Waals surface area contributed by atoms with Crippen molar-refractivity contribution in [3.05, 3.63) is 59.2 Å². The van der Waals surface area contributed by atoms with Gasteiger partial charge in [0.25, 0.3) is 0 Å². The van der Waals surface area contributed by atoms with Crippen LogP contribution in [0.4, 0.5) is 0 Å². The fraction of sp³-hybridized carbons (Fsp3) is 0.375. The van der Waals surface area contributed by atoms with Crippen molar-refractivity contribution >= 4 is 0 Å². The molecule has 2 aromatic rings. The molecule has 0 aliphatic rings. The molecule has 0 bridgehead atoms. The van der Waals surface area contributed by atoms with Crippen LogP contribution in [0.25, 0.3) is 0 Å². The van der Waals surface area contributed by atoms with E-state index < -0.39 is 0 Å². The van der Waals surface area contributed by atoms with Crippen LogP contribution in [0.2, 0.25) is 0 Å². The third kappa shape index (κ3) is 6.14. The lowest BCUT2D eigenvalue weighted by molar-refractivity contribution is 1.15. The number of hydrogen-bond acceptors (Lipinski definition) is 2. The third-order valence-corrected chi connectivity index (χ3v) is 2.57. The van der Waals surface area contributed by atoms with E-state index in [0.717, 1.165) is 5.69 Å². The summed E-state index contributed by atoms with van der Waals surface area (Å²) in [4.78, 5) is 8.02. The number of hydrogen-bond donors (Lipinski definition) is 0. The molecule has 2 heterocycles. The van der Waals surface area contributed by atoms with E-state index in [0.29, 0.717) is 0 Å². The first kappa shape index (κ1) is 16.3. The van der Waals surface area contributed by atoms with Crippen LogP contribution < -0.4 is 0 Å². The van der Waals surface area contributed by atoms with Gasteiger partial charge in [-0.15, -0.1) is 0 Å². The van der Waals surface area contributed by atoms with Gasteiger partial charge in [0.05, 0.1) is 0 Å². The fourth-order valence-electron chi connectivity index (χ4n) is 1.11. The molecule has 0 atom stereocenters. The van der Waals surface area contributed by atoms with Crippen molar-refractivity contribution in [1.82, 2.24) is 9.97 Å². The molecule has 2 aromatic heterocycles. The van der Waals surface area contributed by atoms with Gasteiger partial charge in [-0.1, -0.05) is 19.9 Å². The van der Waals surface area contributed by atoms with E-state index in [1.54, 1.807) is 0 Å². The summed E-state index contributed by atoms with van der Waals surface area (Å²) in [6.45, 7) is 12.2. The first-order valence-corrected chi connectivity index (χ1v) is 6.36. The van der Waals surface area contributed by atoms with Gasteiger partial charge >= 0.3 is 0 Å². The van der Waals surface area contributed by atoms with Gasteiger partial charge in [-0.05, 0) is 56.5 Å². The maximum Gasteiger partial charge on any atom is 0.0401 e. The average molecular weight is 244 g/mol. The molecule has 0 fully saturated rings. The highest BCUT2D eigenvalue weighted by Gasteiger charge is 1.86. The molecule has 0 amide bonds. The van der Waals surface area contributed by atoms with E-state index in [1.165, 1.54) is 16.7 Å². The summed E-state index contributed by atoms with van der Waals surface area (Å²) in [5.41, 5.74) is 4.94. The van der Waals surface area contributed by atoms with Crippen molar-refractivity contribution < 1.29 is 0 Å². The second kappa shape index (κ2) is 9.34. The highest BCUT2D eigenvalue weighted by molar-refractivity contribution is 5.18. The Morgan fingerprint density at radius 3 is 1.78 bits per heavy atom. The molecule has 2 heteroatoms. The summed E-state index contributed by atoms with van der Waals surface area (Å²) >= 11 is 0. The zero-order chi connectivity index (χ0) is 14.0. The zero-order valence-corrected chi connectivity index (χ0v) is 12.4. The summed E-state index contributed by atoms with van der Waals surface area (Å²) in [7, 11) is 0. The highest BCUT2D eigenvalue weighted by Crippen LogP contribution is 2.00. The molecule has 18 heavy (non-hydrogen) atoms. The summed E-state index contributed by atoms with van der Waals surface area (Å²) in [5, 5.41) is 0. The van der Waals surface area contributed by atoms with Crippen molar-refractivity contribution in [2.75, 3.05) is 0 Å². The third-order valence-electron chi connectivity index (χ3n) is 2.57. The second-order valence-electron chi connectivity index (χ2n) is 3.87. The largest absolute Gasteiger partial charge is 0.264 e. The Balaban J connectivity index is 0.000000283. The molecular weight excluding hydrogens is 220 g/mol. The number of aromatic nitrogens is 2. The maximum atomic E-state index is 4.08. The first-order valence-electron chi connectivity index (χ1n) is 6.36. The number of aryl methyl sites for hydroxylation is 4. The van der Waals surface area contributed by atoms with Gasteiger partial charge in [0.1, 0.15) is 0 Å². The van der Waals surface area contributed by atoms with Gasteiger partial charge in [0, 0.05) is 24.3 Å². The Labute approximate surface area is 111 Å². The summed E-state index contributed by atoms with van der Waals surface area (Å²) in [6, 6.07) is 6.01. The zero-order valence-electron chi connectivity index (χ0n) is 12.4. The molecule has 2 nitrogen and oxygen atoms in total. The maximum absolute atomic E-state index is 4.08. The molecule has 0 aliphatic heterocycles. The lowest BCUT2D eigenvalue weighted by atomic mass is 10.2. The lowest BCUT2D eigenvalue weighted by Gasteiger charge is -1.92. The van der Waals surface area contributed by atoms with Crippen molar-refractivity contribution in [3.63, 3.8) is 0 Å². The van der Waals surface area contributed by atoms with Crippen LogP contribution in [0.1, 0.15) is 36.2 Å². The Bertz CT molecular complexity index is 365. The Morgan fingerprint density at radius 1 is 0.778 bits per heavy atom. The van der Waals surface area contributed by atoms with Crippen LogP contribution >= 0.6 is 0 Å². The summed E-state index contributed by atoms with van der Waals surface area (Å²) in [5.74, 6) is 0. The van der Waals surface area contributed by atoms with Crippen molar-refractivity contribution in [1.29, 1.82) is 0 Å². The van der Waals surface area contributed by atoms with Gasteiger partial charge in [-0.25, -0.2) is 0 Å². The smallest absolute Gasteiger partial charge is 0.0401 e. The summed E-state index contributed by atoms with van der Waals surface area (Å²) in [6.07, 6.45) is 5.49. The van der Waals surface area contributed by atoms with Crippen molar-refractivity contribution in [3.8, 4) is 0 Å². The highest BCUT2D eigenvalue weighted by atomic mass is 14.7. The quantitative estimate of drug-likeness (QED) is 0.685. The van der Waals surface area contributed by atoms with E-state index in [9.17, 15) is 0 Å². The molecule has 0 spiro atoms. The molecule has 0 saturated heterocycles. The molecule has 0 N–H and O–H groups in total. The lowest BCUT2D eigenvalue weighted by Crippen LogP contribution is -1.81. The van der Waals surface area contributed by atoms with E-state index >= 15 is 0 Å². The van der Waals surface area contributed by atoms with E-state index in [1.807, 2.05) is 51.5 Å². The van der Waals surface area contributed by atoms with Crippen LogP contribution in [0, 0.1) is 27.7 Å². The van der Waals surface area contributed by atoms with Gasteiger partial charge < -0.3 is 0 Å². The van der Waals surface area contributed by atoms with Crippen LogP contribution in [-0.4, -0.2) is 9.97 Å². The van der Waals surface area contributed by atoms with Crippen LogP contribution in [0.15, 0.2) is 36.8 Å². The fourth-order valence-corrected chi connectivity index (χ4v) is 1.11. The Hall–Kier alpha value is -1.70. The van der Waals surface area contributed by atoms with Gasteiger partial charge in [-0.2, -0.15) is 0 Å². The minimum Gasteiger partial charge on any atom is -0.264 e. The molecule has 0 aliphatic carbocycles. The van der Waals surface area contributed by atoms with Gasteiger partial charge in [0.2, 0.25) is 0 Å².